The van der Waals surface area contributed by atoms with Crippen LogP contribution < -0.4 is 10.1 Å². The van der Waals surface area contributed by atoms with E-state index in [1.807, 2.05) is 13.0 Å². The highest BCUT2D eigenvalue weighted by Crippen LogP contribution is 2.25. The first-order valence-electron chi connectivity index (χ1n) is 5.67. The number of aryl methyl sites for hydroxylation is 1. The van der Waals surface area contributed by atoms with Gasteiger partial charge in [0.15, 0.2) is 0 Å². The summed E-state index contributed by atoms with van der Waals surface area (Å²) in [7, 11) is 1.58. The van der Waals surface area contributed by atoms with E-state index in [2.05, 4.69) is 26.2 Å². The van der Waals surface area contributed by atoms with Crippen LogP contribution in [0.25, 0.3) is 0 Å². The van der Waals surface area contributed by atoms with Crippen LogP contribution in [0.1, 0.15) is 16.1 Å². The van der Waals surface area contributed by atoms with E-state index in [0.717, 1.165) is 15.9 Å². The zero-order valence-corrected chi connectivity index (χ0v) is 12.2. The zero-order valence-electron chi connectivity index (χ0n) is 10.6. The van der Waals surface area contributed by atoms with Crippen molar-refractivity contribution in [3.8, 4) is 5.75 Å². The monoisotopic (exact) mass is 320 g/mol. The van der Waals surface area contributed by atoms with Gasteiger partial charge in [-0.25, -0.2) is 0 Å². The van der Waals surface area contributed by atoms with Gasteiger partial charge in [-0.05, 0) is 53.2 Å². The van der Waals surface area contributed by atoms with Gasteiger partial charge >= 0.3 is 0 Å². The summed E-state index contributed by atoms with van der Waals surface area (Å²) in [6.07, 6.45) is 1.66. The number of carbonyl (C=O) groups excluding carboxylic acids is 1. The van der Waals surface area contributed by atoms with E-state index >= 15 is 0 Å². The molecule has 98 valence electrons. The zero-order chi connectivity index (χ0) is 13.8. The molecule has 0 saturated heterocycles. The standard InChI is InChI=1S/C14H13BrN2O2/c1-9-7-11(5-6-16-9)17-14(18)10-3-4-13(19-2)12(15)8-10/h3-8H,1-2H3,(H,16,17,18). The number of rotatable bonds is 3. The van der Waals surface area contributed by atoms with Crippen molar-refractivity contribution in [2.24, 2.45) is 0 Å². The summed E-state index contributed by atoms with van der Waals surface area (Å²) in [5, 5.41) is 2.82. The van der Waals surface area contributed by atoms with E-state index in [1.165, 1.54) is 0 Å². The summed E-state index contributed by atoms with van der Waals surface area (Å²) in [4.78, 5) is 16.2. The minimum Gasteiger partial charge on any atom is -0.496 e. The predicted octanol–water partition coefficient (Wildman–Crippen LogP) is 3.41. The third-order valence-electron chi connectivity index (χ3n) is 2.57. The summed E-state index contributed by atoms with van der Waals surface area (Å²) in [5.74, 6) is 0.519. The molecule has 19 heavy (non-hydrogen) atoms. The van der Waals surface area contributed by atoms with Crippen LogP contribution in [0, 0.1) is 6.92 Å². The van der Waals surface area contributed by atoms with E-state index < -0.39 is 0 Å². The Morgan fingerprint density at radius 1 is 1.32 bits per heavy atom. The number of anilines is 1. The maximum atomic E-state index is 12.1. The Labute approximate surface area is 119 Å². The minimum atomic E-state index is -0.172. The maximum Gasteiger partial charge on any atom is 0.255 e. The Hall–Kier alpha value is -1.88. The van der Waals surface area contributed by atoms with Gasteiger partial charge in [0.1, 0.15) is 5.75 Å². The van der Waals surface area contributed by atoms with Crippen LogP contribution in [0.5, 0.6) is 5.75 Å². The van der Waals surface area contributed by atoms with Gasteiger partial charge in [0.05, 0.1) is 11.6 Å². The SMILES string of the molecule is COc1ccc(C(=O)Nc2ccnc(C)c2)cc1Br. The molecule has 1 heterocycles. The highest BCUT2D eigenvalue weighted by molar-refractivity contribution is 9.10. The van der Waals surface area contributed by atoms with Crippen molar-refractivity contribution < 1.29 is 9.53 Å². The summed E-state index contributed by atoms with van der Waals surface area (Å²) in [6, 6.07) is 8.76. The normalized spacial score (nSPS) is 10.1. The number of halogens is 1. The highest BCUT2D eigenvalue weighted by Gasteiger charge is 2.09. The van der Waals surface area contributed by atoms with Crippen LogP contribution in [0.15, 0.2) is 41.0 Å². The number of benzene rings is 1. The van der Waals surface area contributed by atoms with E-state index in [9.17, 15) is 4.79 Å². The topological polar surface area (TPSA) is 51.2 Å². The number of nitrogens with one attached hydrogen (secondary N) is 1. The molecule has 0 unspecified atom stereocenters. The Kier molecular flexibility index (Phi) is 4.16. The molecule has 0 spiro atoms. The fraction of sp³-hybridized carbons (Fsp3) is 0.143. The summed E-state index contributed by atoms with van der Waals surface area (Å²) >= 11 is 3.36. The number of amides is 1. The lowest BCUT2D eigenvalue weighted by molar-refractivity contribution is 0.102. The van der Waals surface area contributed by atoms with Crippen molar-refractivity contribution in [2.75, 3.05) is 12.4 Å². The van der Waals surface area contributed by atoms with Crippen LogP contribution in [0.2, 0.25) is 0 Å². The first-order valence-corrected chi connectivity index (χ1v) is 6.47. The second-order valence-electron chi connectivity index (χ2n) is 3.99. The van der Waals surface area contributed by atoms with E-state index in [1.54, 1.807) is 37.6 Å². The van der Waals surface area contributed by atoms with Gasteiger partial charge in [-0.2, -0.15) is 0 Å². The molecule has 1 aromatic carbocycles. The number of ether oxygens (including phenoxy) is 1. The number of pyridine rings is 1. The van der Waals surface area contributed by atoms with Crippen LogP contribution in [0.4, 0.5) is 5.69 Å². The Morgan fingerprint density at radius 2 is 2.11 bits per heavy atom. The van der Waals surface area contributed by atoms with Gasteiger partial charge in [0.25, 0.3) is 5.91 Å². The molecule has 2 aromatic rings. The number of nitrogens with zero attached hydrogens (tertiary/aromatic N) is 1. The van der Waals surface area contributed by atoms with Gasteiger partial charge in [0, 0.05) is 23.1 Å². The van der Waals surface area contributed by atoms with Crippen molar-refractivity contribution >= 4 is 27.5 Å². The molecule has 2 rings (SSSR count). The van der Waals surface area contributed by atoms with Crippen molar-refractivity contribution in [1.29, 1.82) is 0 Å². The number of aromatic nitrogens is 1. The maximum absolute atomic E-state index is 12.1. The summed E-state index contributed by atoms with van der Waals surface area (Å²) < 4.78 is 5.87. The molecule has 5 heteroatoms. The van der Waals surface area contributed by atoms with Crippen LogP contribution >= 0.6 is 15.9 Å². The first-order chi connectivity index (χ1) is 9.10. The fourth-order valence-corrected chi connectivity index (χ4v) is 2.17. The fourth-order valence-electron chi connectivity index (χ4n) is 1.63. The highest BCUT2D eigenvalue weighted by atomic mass is 79.9. The molecule has 1 N–H and O–H groups in total. The molecular weight excluding hydrogens is 308 g/mol. The van der Waals surface area contributed by atoms with Crippen molar-refractivity contribution in [2.45, 2.75) is 6.92 Å². The largest absolute Gasteiger partial charge is 0.496 e. The number of hydrogen-bond acceptors (Lipinski definition) is 3. The smallest absolute Gasteiger partial charge is 0.255 e. The molecule has 4 nitrogen and oxygen atoms in total. The second kappa shape index (κ2) is 5.84. The molecule has 0 atom stereocenters. The Balaban J connectivity index is 2.18. The van der Waals surface area contributed by atoms with E-state index in [4.69, 9.17) is 4.74 Å². The first kappa shape index (κ1) is 13.5. The minimum absolute atomic E-state index is 0.172. The van der Waals surface area contributed by atoms with Crippen molar-refractivity contribution in [3.05, 3.63) is 52.3 Å². The lowest BCUT2D eigenvalue weighted by Crippen LogP contribution is -2.12. The van der Waals surface area contributed by atoms with E-state index in [0.29, 0.717) is 11.3 Å². The molecule has 0 aliphatic rings. The lowest BCUT2D eigenvalue weighted by Gasteiger charge is -2.08. The van der Waals surface area contributed by atoms with Crippen LogP contribution in [-0.2, 0) is 0 Å². The third-order valence-corrected chi connectivity index (χ3v) is 3.19. The molecule has 0 aliphatic heterocycles. The molecule has 0 radical (unpaired) electrons. The summed E-state index contributed by atoms with van der Waals surface area (Å²) in [5.41, 5.74) is 2.14. The lowest BCUT2D eigenvalue weighted by atomic mass is 10.2. The van der Waals surface area contributed by atoms with E-state index in [-0.39, 0.29) is 5.91 Å². The molecule has 0 fully saturated rings. The van der Waals surface area contributed by atoms with Crippen LogP contribution in [-0.4, -0.2) is 18.0 Å². The Morgan fingerprint density at radius 3 is 2.74 bits per heavy atom. The molecule has 1 amide bonds. The van der Waals surface area contributed by atoms with Gasteiger partial charge in [-0.1, -0.05) is 0 Å². The third kappa shape index (κ3) is 3.32. The van der Waals surface area contributed by atoms with Crippen molar-refractivity contribution in [1.82, 2.24) is 4.98 Å². The predicted molar refractivity (Wildman–Crippen MR) is 77.6 cm³/mol. The quantitative estimate of drug-likeness (QED) is 0.942. The average molecular weight is 321 g/mol. The molecule has 0 bridgehead atoms. The number of methoxy groups -OCH3 is 1. The van der Waals surface area contributed by atoms with Gasteiger partial charge < -0.3 is 10.1 Å². The van der Waals surface area contributed by atoms with Crippen LogP contribution in [0.3, 0.4) is 0 Å². The molecule has 0 aliphatic carbocycles. The van der Waals surface area contributed by atoms with Gasteiger partial charge in [-0.15, -0.1) is 0 Å². The van der Waals surface area contributed by atoms with Gasteiger partial charge in [0.2, 0.25) is 0 Å². The molecular formula is C14H13BrN2O2. The molecule has 1 aromatic heterocycles. The molecule has 0 saturated carbocycles. The second-order valence-corrected chi connectivity index (χ2v) is 4.84. The Bertz CT molecular complexity index is 614. The summed E-state index contributed by atoms with van der Waals surface area (Å²) in [6.45, 7) is 1.87. The van der Waals surface area contributed by atoms with Gasteiger partial charge in [-0.3, -0.25) is 9.78 Å². The average Bonchev–Trinajstić information content (AvgIpc) is 2.38. The van der Waals surface area contributed by atoms with Crippen molar-refractivity contribution in [3.63, 3.8) is 0 Å². The number of hydrogen-bond donors (Lipinski definition) is 1. The number of carbonyl (C=O) groups is 1.